The molecule has 1 amide bonds. The summed E-state index contributed by atoms with van der Waals surface area (Å²) in [7, 11) is 1.70. The highest BCUT2D eigenvalue weighted by molar-refractivity contribution is 6.10. The van der Waals surface area contributed by atoms with Gasteiger partial charge in [0.25, 0.3) is 5.91 Å². The maximum absolute atomic E-state index is 12.4. The number of aromatic nitrogens is 2. The van der Waals surface area contributed by atoms with Crippen molar-refractivity contribution in [2.75, 3.05) is 5.32 Å². The third-order valence-corrected chi connectivity index (χ3v) is 3.47. The Labute approximate surface area is 133 Å². The predicted molar refractivity (Wildman–Crippen MR) is 87.5 cm³/mol. The monoisotopic (exact) mass is 305 g/mol. The number of hydrogen-bond donors (Lipinski definition) is 1. The van der Waals surface area contributed by atoms with E-state index in [1.54, 1.807) is 55.7 Å². The van der Waals surface area contributed by atoms with Crippen molar-refractivity contribution in [3.8, 4) is 0 Å². The molecule has 2 aromatic carbocycles. The third-order valence-electron chi connectivity index (χ3n) is 3.47. The number of amides is 1. The number of nitrogens with one attached hydrogen (secondary N) is 1. The summed E-state index contributed by atoms with van der Waals surface area (Å²) in [6, 6.07) is 17.6. The van der Waals surface area contributed by atoms with E-state index in [0.29, 0.717) is 22.5 Å². The first kappa shape index (κ1) is 14.7. The number of ketones is 1. The summed E-state index contributed by atoms with van der Waals surface area (Å²) in [5.41, 5.74) is 2.16. The first-order valence-corrected chi connectivity index (χ1v) is 7.14. The molecule has 0 saturated carbocycles. The molecule has 3 rings (SSSR count). The van der Waals surface area contributed by atoms with E-state index >= 15 is 0 Å². The summed E-state index contributed by atoms with van der Waals surface area (Å²) in [5.74, 6) is -0.350. The highest BCUT2D eigenvalue weighted by Crippen LogP contribution is 2.15. The van der Waals surface area contributed by atoms with Crippen LogP contribution in [-0.2, 0) is 7.05 Å². The van der Waals surface area contributed by atoms with Crippen molar-refractivity contribution in [2.45, 2.75) is 0 Å². The standard InChI is InChI=1S/C18H15N3O2/c1-21-16(10-11-19-21)18(23)20-15-9-5-8-14(12-15)17(22)13-6-3-2-4-7-13/h2-12H,1H3,(H,20,23). The van der Waals surface area contributed by atoms with Crippen LogP contribution in [0.2, 0.25) is 0 Å². The fourth-order valence-electron chi connectivity index (χ4n) is 2.29. The topological polar surface area (TPSA) is 64.0 Å². The Hall–Kier alpha value is -3.21. The normalized spacial score (nSPS) is 10.3. The molecular weight excluding hydrogens is 290 g/mol. The molecule has 0 atom stereocenters. The summed E-state index contributed by atoms with van der Waals surface area (Å²) in [6.07, 6.45) is 1.56. The Kier molecular flexibility index (Phi) is 4.01. The largest absolute Gasteiger partial charge is 0.321 e. The molecule has 3 aromatic rings. The van der Waals surface area contributed by atoms with Gasteiger partial charge in [0.15, 0.2) is 5.78 Å². The van der Waals surface area contributed by atoms with E-state index in [-0.39, 0.29) is 11.7 Å². The van der Waals surface area contributed by atoms with Gasteiger partial charge in [0.1, 0.15) is 5.69 Å². The molecule has 114 valence electrons. The Morgan fingerprint density at radius 3 is 2.39 bits per heavy atom. The van der Waals surface area contributed by atoms with Crippen LogP contribution >= 0.6 is 0 Å². The lowest BCUT2D eigenvalue weighted by atomic mass is 10.0. The zero-order valence-corrected chi connectivity index (χ0v) is 12.6. The Morgan fingerprint density at radius 1 is 0.957 bits per heavy atom. The number of hydrogen-bond acceptors (Lipinski definition) is 3. The summed E-state index contributed by atoms with van der Waals surface area (Å²) in [5, 5.41) is 6.75. The van der Waals surface area contributed by atoms with Crippen molar-refractivity contribution in [2.24, 2.45) is 7.05 Å². The van der Waals surface area contributed by atoms with Crippen molar-refractivity contribution < 1.29 is 9.59 Å². The highest BCUT2D eigenvalue weighted by atomic mass is 16.2. The number of anilines is 1. The van der Waals surface area contributed by atoms with Gasteiger partial charge in [-0.2, -0.15) is 5.10 Å². The maximum Gasteiger partial charge on any atom is 0.273 e. The molecule has 5 nitrogen and oxygen atoms in total. The molecule has 5 heteroatoms. The van der Waals surface area contributed by atoms with E-state index in [0.717, 1.165) is 0 Å². The van der Waals surface area contributed by atoms with E-state index in [1.807, 2.05) is 18.2 Å². The lowest BCUT2D eigenvalue weighted by Crippen LogP contribution is -2.16. The van der Waals surface area contributed by atoms with E-state index in [2.05, 4.69) is 10.4 Å². The number of carbonyl (C=O) groups excluding carboxylic acids is 2. The molecule has 0 aliphatic rings. The smallest absolute Gasteiger partial charge is 0.273 e. The van der Waals surface area contributed by atoms with Gasteiger partial charge >= 0.3 is 0 Å². The molecule has 1 N–H and O–H groups in total. The number of nitrogens with zero attached hydrogens (tertiary/aromatic N) is 2. The molecular formula is C18H15N3O2. The minimum Gasteiger partial charge on any atom is -0.321 e. The first-order chi connectivity index (χ1) is 11.1. The molecule has 1 aromatic heterocycles. The van der Waals surface area contributed by atoms with Crippen molar-refractivity contribution >= 4 is 17.4 Å². The zero-order valence-electron chi connectivity index (χ0n) is 12.6. The van der Waals surface area contributed by atoms with Crippen LogP contribution in [0.3, 0.4) is 0 Å². The molecule has 1 heterocycles. The lowest BCUT2D eigenvalue weighted by molar-refractivity contribution is 0.101. The number of benzene rings is 2. The average molecular weight is 305 g/mol. The van der Waals surface area contributed by atoms with Gasteiger partial charge in [0.2, 0.25) is 0 Å². The van der Waals surface area contributed by atoms with Gasteiger partial charge in [-0.05, 0) is 18.2 Å². The predicted octanol–water partition coefficient (Wildman–Crippen LogP) is 2.90. The van der Waals surface area contributed by atoms with Crippen molar-refractivity contribution in [1.29, 1.82) is 0 Å². The van der Waals surface area contributed by atoms with Gasteiger partial charge in [-0.3, -0.25) is 14.3 Å². The summed E-state index contributed by atoms with van der Waals surface area (Å²) in [4.78, 5) is 24.6. The molecule has 0 bridgehead atoms. The van der Waals surface area contributed by atoms with Gasteiger partial charge in [-0.15, -0.1) is 0 Å². The molecule has 0 fully saturated rings. The van der Waals surface area contributed by atoms with Crippen molar-refractivity contribution in [3.63, 3.8) is 0 Å². The van der Waals surface area contributed by atoms with Gasteiger partial charge in [-0.25, -0.2) is 0 Å². The molecule has 0 aliphatic heterocycles. The third kappa shape index (κ3) is 3.18. The van der Waals surface area contributed by atoms with Gasteiger partial charge < -0.3 is 5.32 Å². The average Bonchev–Trinajstić information content (AvgIpc) is 3.01. The quantitative estimate of drug-likeness (QED) is 0.754. The second kappa shape index (κ2) is 6.27. The second-order valence-corrected chi connectivity index (χ2v) is 5.07. The summed E-state index contributed by atoms with van der Waals surface area (Å²) >= 11 is 0. The van der Waals surface area contributed by atoms with Crippen molar-refractivity contribution in [3.05, 3.63) is 83.7 Å². The molecule has 0 aliphatic carbocycles. The number of rotatable bonds is 4. The minimum absolute atomic E-state index is 0.0813. The highest BCUT2D eigenvalue weighted by Gasteiger charge is 2.12. The zero-order chi connectivity index (χ0) is 16.2. The van der Waals surface area contributed by atoms with Crippen LogP contribution in [0, 0.1) is 0 Å². The second-order valence-electron chi connectivity index (χ2n) is 5.07. The SMILES string of the molecule is Cn1nccc1C(=O)Nc1cccc(C(=O)c2ccccc2)c1. The first-order valence-electron chi connectivity index (χ1n) is 7.14. The van der Waals surface area contributed by atoms with Crippen LogP contribution in [0.4, 0.5) is 5.69 Å². The van der Waals surface area contributed by atoms with Crippen LogP contribution in [0.1, 0.15) is 26.4 Å². The van der Waals surface area contributed by atoms with E-state index in [9.17, 15) is 9.59 Å². The fraction of sp³-hybridized carbons (Fsp3) is 0.0556. The maximum atomic E-state index is 12.4. The van der Waals surface area contributed by atoms with Gasteiger partial charge in [-0.1, -0.05) is 42.5 Å². The Balaban J connectivity index is 1.82. The summed E-state index contributed by atoms with van der Waals surface area (Å²) < 4.78 is 1.49. The van der Waals surface area contributed by atoms with Gasteiger partial charge in [0.05, 0.1) is 0 Å². The van der Waals surface area contributed by atoms with Gasteiger partial charge in [0, 0.05) is 30.1 Å². The van der Waals surface area contributed by atoms with E-state index in [1.165, 1.54) is 4.68 Å². The molecule has 23 heavy (non-hydrogen) atoms. The Morgan fingerprint density at radius 2 is 1.70 bits per heavy atom. The van der Waals surface area contributed by atoms with Crippen LogP contribution in [0.25, 0.3) is 0 Å². The minimum atomic E-state index is -0.269. The van der Waals surface area contributed by atoms with E-state index < -0.39 is 0 Å². The molecule has 0 spiro atoms. The fourth-order valence-corrected chi connectivity index (χ4v) is 2.29. The van der Waals surface area contributed by atoms with Crippen LogP contribution in [0.15, 0.2) is 66.9 Å². The number of aryl methyl sites for hydroxylation is 1. The van der Waals surface area contributed by atoms with E-state index in [4.69, 9.17) is 0 Å². The summed E-state index contributed by atoms with van der Waals surface area (Å²) in [6.45, 7) is 0. The van der Waals surface area contributed by atoms with Crippen molar-refractivity contribution in [1.82, 2.24) is 9.78 Å². The molecule has 0 unspecified atom stereocenters. The van der Waals surface area contributed by atoms with Crippen LogP contribution in [-0.4, -0.2) is 21.5 Å². The number of carbonyl (C=O) groups is 2. The lowest BCUT2D eigenvalue weighted by Gasteiger charge is -2.07. The molecule has 0 saturated heterocycles. The van der Waals surface area contributed by atoms with Crippen LogP contribution in [0.5, 0.6) is 0 Å². The van der Waals surface area contributed by atoms with Crippen LogP contribution < -0.4 is 5.32 Å². The molecule has 0 radical (unpaired) electrons. The Bertz CT molecular complexity index is 853.